The number of ketones is 2. The first-order valence-corrected chi connectivity index (χ1v) is 2.86. The molecule has 0 aliphatic heterocycles. The zero-order chi connectivity index (χ0) is 7.72. The highest BCUT2D eigenvalue weighted by atomic mass is 16.1. The Labute approximate surface area is 60.0 Å². The Morgan fingerprint density at radius 3 is 2.20 bits per heavy atom. The summed E-state index contributed by atoms with van der Waals surface area (Å²) in [5, 5.41) is 0. The molecule has 0 fully saturated rings. The van der Waals surface area contributed by atoms with Gasteiger partial charge in [0.05, 0.1) is 0 Å². The van der Waals surface area contributed by atoms with E-state index in [-0.39, 0.29) is 17.0 Å². The fourth-order valence-corrected chi connectivity index (χ4v) is 0.684. The van der Waals surface area contributed by atoms with Crippen LogP contribution in [0.5, 0.6) is 0 Å². The predicted molar refractivity (Wildman–Crippen MR) is 37.6 cm³/mol. The molecule has 1 rings (SSSR count). The maximum absolute atomic E-state index is 10.8. The third-order valence-corrected chi connectivity index (χ3v) is 1.43. The van der Waals surface area contributed by atoms with Crippen molar-refractivity contribution in [2.75, 3.05) is 0 Å². The predicted octanol–water partition coefficient (Wildman–Crippen LogP) is 0.137. The van der Waals surface area contributed by atoms with Crippen LogP contribution in [0.4, 0.5) is 0 Å². The molecule has 0 saturated heterocycles. The standard InChI is InChI=1S/C7H5BO2/c1-4-5(9)2-3-6(10)7(4)8/h2-3H,1H3. The Kier molecular flexibility index (Phi) is 1.58. The number of rotatable bonds is 0. The van der Waals surface area contributed by atoms with Crippen molar-refractivity contribution in [1.29, 1.82) is 0 Å². The van der Waals surface area contributed by atoms with Crippen molar-refractivity contribution in [3.63, 3.8) is 0 Å². The normalized spacial score (nSPS) is 18.5. The first-order chi connectivity index (χ1) is 4.63. The third-order valence-electron chi connectivity index (χ3n) is 1.43. The van der Waals surface area contributed by atoms with E-state index in [1.807, 2.05) is 0 Å². The zero-order valence-electron chi connectivity index (χ0n) is 5.55. The molecule has 2 nitrogen and oxygen atoms in total. The molecule has 0 N–H and O–H groups in total. The van der Waals surface area contributed by atoms with E-state index in [0.717, 1.165) is 0 Å². The first-order valence-electron chi connectivity index (χ1n) is 2.86. The molecule has 0 atom stereocenters. The van der Waals surface area contributed by atoms with Crippen molar-refractivity contribution in [2.24, 2.45) is 0 Å². The molecule has 0 saturated carbocycles. The molecule has 1 aliphatic carbocycles. The van der Waals surface area contributed by atoms with Crippen molar-refractivity contribution in [1.82, 2.24) is 0 Å². The minimum absolute atomic E-state index is 0.0625. The molecule has 0 spiro atoms. The van der Waals surface area contributed by atoms with Gasteiger partial charge in [-0.05, 0) is 30.1 Å². The van der Waals surface area contributed by atoms with Gasteiger partial charge in [0, 0.05) is 0 Å². The average molecular weight is 132 g/mol. The van der Waals surface area contributed by atoms with Crippen LogP contribution in [0, 0.1) is 0 Å². The summed E-state index contributed by atoms with van der Waals surface area (Å²) in [6, 6.07) is 0. The van der Waals surface area contributed by atoms with Gasteiger partial charge in [0.15, 0.2) is 11.6 Å². The van der Waals surface area contributed by atoms with Crippen LogP contribution in [0.25, 0.3) is 0 Å². The number of hydrogen-bond donors (Lipinski definition) is 0. The maximum Gasteiger partial charge on any atom is 0.181 e. The van der Waals surface area contributed by atoms with E-state index >= 15 is 0 Å². The van der Waals surface area contributed by atoms with Crippen molar-refractivity contribution in [3.8, 4) is 0 Å². The van der Waals surface area contributed by atoms with Gasteiger partial charge in [-0.3, -0.25) is 9.59 Å². The summed E-state index contributed by atoms with van der Waals surface area (Å²) < 4.78 is 0. The van der Waals surface area contributed by atoms with Crippen LogP contribution < -0.4 is 0 Å². The molecule has 10 heavy (non-hydrogen) atoms. The number of carbonyl (C=O) groups excluding carboxylic acids is 2. The Morgan fingerprint density at radius 1 is 1.20 bits per heavy atom. The summed E-state index contributed by atoms with van der Waals surface area (Å²) in [7, 11) is 5.27. The molecule has 0 bridgehead atoms. The van der Waals surface area contributed by atoms with E-state index in [0.29, 0.717) is 5.57 Å². The fraction of sp³-hybridized carbons (Fsp3) is 0.143. The van der Waals surface area contributed by atoms with E-state index in [1.165, 1.54) is 12.2 Å². The van der Waals surface area contributed by atoms with Gasteiger partial charge >= 0.3 is 0 Å². The monoisotopic (exact) mass is 132 g/mol. The average Bonchev–Trinajstić information content (AvgIpc) is 1.93. The van der Waals surface area contributed by atoms with Gasteiger partial charge < -0.3 is 0 Å². The minimum Gasteiger partial charge on any atom is -0.291 e. The summed E-state index contributed by atoms with van der Waals surface area (Å²) in [4.78, 5) is 21.5. The maximum atomic E-state index is 10.8. The lowest BCUT2D eigenvalue weighted by Gasteiger charge is -2.05. The molecule has 0 aromatic heterocycles. The third kappa shape index (κ3) is 0.945. The van der Waals surface area contributed by atoms with E-state index < -0.39 is 0 Å². The largest absolute Gasteiger partial charge is 0.291 e. The van der Waals surface area contributed by atoms with Gasteiger partial charge in [-0.1, -0.05) is 0 Å². The van der Waals surface area contributed by atoms with Crippen LogP contribution in [0.15, 0.2) is 23.2 Å². The van der Waals surface area contributed by atoms with Gasteiger partial charge in [0.2, 0.25) is 0 Å². The second kappa shape index (κ2) is 2.25. The number of carbonyl (C=O) groups is 2. The molecule has 0 unspecified atom stereocenters. The van der Waals surface area contributed by atoms with E-state index in [9.17, 15) is 9.59 Å². The van der Waals surface area contributed by atoms with Gasteiger partial charge in [0.1, 0.15) is 7.85 Å². The highest BCUT2D eigenvalue weighted by Gasteiger charge is 2.13. The van der Waals surface area contributed by atoms with E-state index in [2.05, 4.69) is 0 Å². The van der Waals surface area contributed by atoms with Crippen LogP contribution >= 0.6 is 0 Å². The van der Waals surface area contributed by atoms with E-state index in [1.54, 1.807) is 6.92 Å². The number of hydrogen-bond acceptors (Lipinski definition) is 2. The van der Waals surface area contributed by atoms with Gasteiger partial charge in [-0.25, -0.2) is 0 Å². The summed E-state index contributed by atoms with van der Waals surface area (Å²) >= 11 is 0. The molecule has 0 amide bonds. The van der Waals surface area contributed by atoms with Crippen LogP contribution in [-0.2, 0) is 9.59 Å². The molecule has 0 aromatic carbocycles. The molecule has 2 radical (unpaired) electrons. The lowest BCUT2D eigenvalue weighted by Crippen LogP contribution is -2.12. The number of allylic oxidation sites excluding steroid dienone is 4. The summed E-state index contributed by atoms with van der Waals surface area (Å²) in [5.41, 5.74) is 0.403. The topological polar surface area (TPSA) is 34.1 Å². The lowest BCUT2D eigenvalue weighted by molar-refractivity contribution is -0.114. The summed E-state index contributed by atoms with van der Waals surface area (Å²) in [6.07, 6.45) is 2.42. The fourth-order valence-electron chi connectivity index (χ4n) is 0.684. The Bertz CT molecular complexity index is 235. The highest BCUT2D eigenvalue weighted by molar-refractivity contribution is 6.43. The van der Waals surface area contributed by atoms with Crippen molar-refractivity contribution >= 4 is 19.4 Å². The van der Waals surface area contributed by atoms with Gasteiger partial charge in [-0.15, -0.1) is 0 Å². The molecule has 48 valence electrons. The highest BCUT2D eigenvalue weighted by Crippen LogP contribution is 2.09. The summed E-state index contributed by atoms with van der Waals surface area (Å²) in [5.74, 6) is -0.464. The molecule has 1 aliphatic rings. The van der Waals surface area contributed by atoms with Crippen LogP contribution in [0.2, 0.25) is 0 Å². The smallest absolute Gasteiger partial charge is 0.181 e. The first kappa shape index (κ1) is 7.00. The summed E-state index contributed by atoms with van der Waals surface area (Å²) in [6.45, 7) is 1.54. The molecular formula is C7H5BO2. The SMILES string of the molecule is [B]C1=C(C)C(=O)C=CC1=O. The second-order valence-electron chi connectivity index (χ2n) is 2.10. The van der Waals surface area contributed by atoms with E-state index in [4.69, 9.17) is 7.85 Å². The second-order valence-corrected chi connectivity index (χ2v) is 2.10. The van der Waals surface area contributed by atoms with Crippen LogP contribution in [-0.4, -0.2) is 19.4 Å². The molecular weight excluding hydrogens is 127 g/mol. The lowest BCUT2D eigenvalue weighted by atomic mass is 9.82. The Hall–Kier alpha value is -1.12. The van der Waals surface area contributed by atoms with Crippen LogP contribution in [0.3, 0.4) is 0 Å². The van der Waals surface area contributed by atoms with Crippen LogP contribution in [0.1, 0.15) is 6.92 Å². The zero-order valence-corrected chi connectivity index (χ0v) is 5.55. The Balaban J connectivity index is 3.12. The van der Waals surface area contributed by atoms with Crippen molar-refractivity contribution in [3.05, 3.63) is 23.2 Å². The van der Waals surface area contributed by atoms with Crippen molar-refractivity contribution < 1.29 is 9.59 Å². The Morgan fingerprint density at radius 2 is 1.70 bits per heavy atom. The molecule has 3 heteroatoms. The minimum atomic E-state index is -0.280. The molecule has 0 heterocycles. The van der Waals surface area contributed by atoms with Crippen molar-refractivity contribution in [2.45, 2.75) is 6.92 Å². The van der Waals surface area contributed by atoms with Gasteiger partial charge in [0.25, 0.3) is 0 Å². The quantitative estimate of drug-likeness (QED) is 0.347. The molecule has 0 aromatic rings. The van der Waals surface area contributed by atoms with Gasteiger partial charge in [-0.2, -0.15) is 0 Å².